The highest BCUT2D eigenvalue weighted by Crippen LogP contribution is 2.36. The Morgan fingerprint density at radius 1 is 1.00 bits per heavy atom. The lowest BCUT2D eigenvalue weighted by Gasteiger charge is -2.18. The quantitative estimate of drug-likeness (QED) is 0.439. The van der Waals surface area contributed by atoms with E-state index < -0.39 is 0 Å². The summed E-state index contributed by atoms with van der Waals surface area (Å²) >= 11 is 6.27. The minimum absolute atomic E-state index is 0.111. The van der Waals surface area contributed by atoms with Crippen LogP contribution in [0, 0.1) is 0 Å². The zero-order valence-electron chi connectivity index (χ0n) is 16.6. The standard InChI is InChI=1S/C24H17ClN4O2/c1-28-14-26-27-23(28)22-11-18(25)7-8-20(22)16-3-2-4-19(10-16)29-12-17-6-5-15(13-30)9-21(17)24(29)31/h2-11,13-14H,12H2,1H3. The monoisotopic (exact) mass is 428 g/mol. The van der Waals surface area contributed by atoms with E-state index in [0.29, 0.717) is 28.5 Å². The van der Waals surface area contributed by atoms with Gasteiger partial charge in [-0.05, 0) is 47.0 Å². The van der Waals surface area contributed by atoms with Gasteiger partial charge in [0.05, 0.1) is 6.54 Å². The van der Waals surface area contributed by atoms with Crippen LogP contribution >= 0.6 is 11.6 Å². The maximum absolute atomic E-state index is 13.0. The number of hydrogen-bond donors (Lipinski definition) is 0. The number of benzene rings is 3. The number of halogens is 1. The number of hydrogen-bond acceptors (Lipinski definition) is 4. The molecule has 3 aromatic carbocycles. The normalized spacial score (nSPS) is 12.8. The lowest BCUT2D eigenvalue weighted by Crippen LogP contribution is -2.22. The van der Waals surface area contributed by atoms with E-state index in [2.05, 4.69) is 10.2 Å². The van der Waals surface area contributed by atoms with Gasteiger partial charge in [-0.15, -0.1) is 10.2 Å². The molecule has 0 aliphatic carbocycles. The molecule has 1 aromatic heterocycles. The summed E-state index contributed by atoms with van der Waals surface area (Å²) in [5.74, 6) is 0.592. The van der Waals surface area contributed by atoms with Crippen LogP contribution in [-0.4, -0.2) is 27.0 Å². The molecule has 0 radical (unpaired) electrons. The van der Waals surface area contributed by atoms with Gasteiger partial charge in [0.25, 0.3) is 5.91 Å². The summed E-state index contributed by atoms with van der Waals surface area (Å²) < 4.78 is 1.84. The molecule has 1 aliphatic rings. The molecule has 152 valence electrons. The second kappa shape index (κ2) is 7.49. The second-order valence-electron chi connectivity index (χ2n) is 7.43. The molecule has 4 aromatic rings. The number of nitrogens with zero attached hydrogens (tertiary/aromatic N) is 4. The molecule has 0 saturated heterocycles. The smallest absolute Gasteiger partial charge is 0.258 e. The van der Waals surface area contributed by atoms with Gasteiger partial charge in [-0.1, -0.05) is 41.9 Å². The van der Waals surface area contributed by atoms with Crippen LogP contribution in [0.15, 0.2) is 67.0 Å². The highest BCUT2D eigenvalue weighted by Gasteiger charge is 2.29. The van der Waals surface area contributed by atoms with Crippen molar-refractivity contribution in [2.45, 2.75) is 6.54 Å². The van der Waals surface area contributed by atoms with Crippen molar-refractivity contribution in [1.29, 1.82) is 0 Å². The highest BCUT2D eigenvalue weighted by molar-refractivity contribution is 6.31. The van der Waals surface area contributed by atoms with Crippen LogP contribution in [0.25, 0.3) is 22.5 Å². The topological polar surface area (TPSA) is 68.1 Å². The molecule has 0 bridgehead atoms. The van der Waals surface area contributed by atoms with Crippen LogP contribution in [0.2, 0.25) is 5.02 Å². The van der Waals surface area contributed by atoms with Crippen molar-refractivity contribution in [1.82, 2.24) is 14.8 Å². The van der Waals surface area contributed by atoms with E-state index in [-0.39, 0.29) is 5.91 Å². The summed E-state index contributed by atoms with van der Waals surface area (Å²) in [5, 5.41) is 8.82. The summed E-state index contributed by atoms with van der Waals surface area (Å²) in [4.78, 5) is 25.8. The zero-order valence-corrected chi connectivity index (χ0v) is 17.4. The van der Waals surface area contributed by atoms with Crippen molar-refractivity contribution in [3.63, 3.8) is 0 Å². The molecule has 0 spiro atoms. The van der Waals surface area contributed by atoms with Gasteiger partial charge in [-0.25, -0.2) is 0 Å². The molecule has 0 N–H and O–H groups in total. The van der Waals surface area contributed by atoms with Crippen LogP contribution in [0.3, 0.4) is 0 Å². The average molecular weight is 429 g/mol. The van der Waals surface area contributed by atoms with Crippen LogP contribution in [0.1, 0.15) is 26.3 Å². The number of rotatable bonds is 4. The van der Waals surface area contributed by atoms with Crippen molar-refractivity contribution in [3.05, 3.63) is 88.7 Å². The van der Waals surface area contributed by atoms with Crippen molar-refractivity contribution in [3.8, 4) is 22.5 Å². The lowest BCUT2D eigenvalue weighted by atomic mass is 9.98. The Hall–Kier alpha value is -3.77. The van der Waals surface area contributed by atoms with E-state index in [9.17, 15) is 9.59 Å². The number of aryl methyl sites for hydroxylation is 1. The Bertz CT molecular complexity index is 1350. The first kappa shape index (κ1) is 19.2. The van der Waals surface area contributed by atoms with E-state index in [1.165, 1.54) is 0 Å². The SMILES string of the molecule is Cn1cnnc1-c1cc(Cl)ccc1-c1cccc(N2Cc3ccc(C=O)cc3C2=O)c1. The molecule has 0 atom stereocenters. The number of fused-ring (bicyclic) bond motifs is 1. The van der Waals surface area contributed by atoms with Crippen LogP contribution in [0.4, 0.5) is 5.69 Å². The molecule has 31 heavy (non-hydrogen) atoms. The zero-order chi connectivity index (χ0) is 21.5. The molecular weight excluding hydrogens is 412 g/mol. The molecule has 0 unspecified atom stereocenters. The molecule has 7 heteroatoms. The van der Waals surface area contributed by atoms with Crippen LogP contribution < -0.4 is 4.90 Å². The van der Waals surface area contributed by atoms with Crippen molar-refractivity contribution < 1.29 is 9.59 Å². The van der Waals surface area contributed by atoms with E-state index in [1.807, 2.05) is 60.1 Å². The molecule has 1 aliphatic heterocycles. The number of aldehydes is 1. The van der Waals surface area contributed by atoms with Gasteiger partial charge >= 0.3 is 0 Å². The van der Waals surface area contributed by atoms with Gasteiger partial charge in [0.1, 0.15) is 12.6 Å². The average Bonchev–Trinajstić information content (AvgIpc) is 3.36. The molecule has 5 rings (SSSR count). The fraction of sp³-hybridized carbons (Fsp3) is 0.0833. The van der Waals surface area contributed by atoms with Gasteiger partial charge in [-0.2, -0.15) is 0 Å². The van der Waals surface area contributed by atoms with Gasteiger partial charge in [0.15, 0.2) is 5.82 Å². The Morgan fingerprint density at radius 3 is 2.65 bits per heavy atom. The molecular formula is C24H17ClN4O2. The predicted octanol–water partition coefficient (Wildman–Crippen LogP) is 4.78. The Balaban J connectivity index is 1.57. The Labute approximate surface area is 183 Å². The third kappa shape index (κ3) is 3.31. The number of carbonyl (C=O) groups is 2. The van der Waals surface area contributed by atoms with Gasteiger partial charge in [0, 0.05) is 34.4 Å². The molecule has 0 saturated carbocycles. The van der Waals surface area contributed by atoms with Crippen LogP contribution in [-0.2, 0) is 13.6 Å². The number of amides is 1. The Kier molecular flexibility index (Phi) is 4.64. The van der Waals surface area contributed by atoms with Crippen LogP contribution in [0.5, 0.6) is 0 Å². The van der Waals surface area contributed by atoms with Crippen molar-refractivity contribution in [2.24, 2.45) is 7.05 Å². The molecule has 6 nitrogen and oxygen atoms in total. The summed E-state index contributed by atoms with van der Waals surface area (Å²) in [5.41, 5.74) is 5.49. The fourth-order valence-corrected chi connectivity index (χ4v) is 4.09. The van der Waals surface area contributed by atoms with Crippen molar-refractivity contribution in [2.75, 3.05) is 4.90 Å². The molecule has 1 amide bonds. The largest absolute Gasteiger partial charge is 0.317 e. The minimum atomic E-state index is -0.111. The van der Waals surface area contributed by atoms with Gasteiger partial charge in [0.2, 0.25) is 0 Å². The van der Waals surface area contributed by atoms with Gasteiger partial charge < -0.3 is 9.47 Å². The summed E-state index contributed by atoms with van der Waals surface area (Å²) in [6, 6.07) is 18.7. The first-order valence-electron chi connectivity index (χ1n) is 9.69. The van der Waals surface area contributed by atoms with E-state index >= 15 is 0 Å². The first-order chi connectivity index (χ1) is 15.0. The van der Waals surface area contributed by atoms with E-state index in [4.69, 9.17) is 11.6 Å². The first-order valence-corrected chi connectivity index (χ1v) is 10.1. The summed E-state index contributed by atoms with van der Waals surface area (Å²) in [7, 11) is 1.88. The van der Waals surface area contributed by atoms with E-state index in [0.717, 1.165) is 34.2 Å². The van der Waals surface area contributed by atoms with Gasteiger partial charge in [-0.3, -0.25) is 9.59 Å². The lowest BCUT2D eigenvalue weighted by molar-refractivity contribution is 0.0996. The molecule has 0 fully saturated rings. The number of aromatic nitrogens is 3. The predicted molar refractivity (Wildman–Crippen MR) is 119 cm³/mol. The Morgan fingerprint density at radius 2 is 1.87 bits per heavy atom. The third-order valence-electron chi connectivity index (χ3n) is 5.48. The molecule has 2 heterocycles. The summed E-state index contributed by atoms with van der Waals surface area (Å²) in [6.45, 7) is 0.466. The minimum Gasteiger partial charge on any atom is -0.317 e. The third-order valence-corrected chi connectivity index (χ3v) is 5.71. The van der Waals surface area contributed by atoms with E-state index in [1.54, 1.807) is 23.4 Å². The fourth-order valence-electron chi connectivity index (χ4n) is 3.92. The maximum atomic E-state index is 13.0. The maximum Gasteiger partial charge on any atom is 0.258 e. The number of anilines is 1. The number of carbonyl (C=O) groups excluding carboxylic acids is 2. The summed E-state index contributed by atoms with van der Waals surface area (Å²) in [6.07, 6.45) is 2.40. The highest BCUT2D eigenvalue weighted by atomic mass is 35.5. The second-order valence-corrected chi connectivity index (χ2v) is 7.87. The van der Waals surface area contributed by atoms with Crippen molar-refractivity contribution >= 4 is 29.5 Å².